The topological polar surface area (TPSA) is 422 Å². The van der Waals surface area contributed by atoms with E-state index >= 15 is 0 Å². The Labute approximate surface area is 439 Å². The number of aliphatic carboxylic acids is 1. The molecule has 0 radical (unpaired) electrons. The number of carboxylic acids is 1. The lowest BCUT2D eigenvalue weighted by atomic mass is 10.0. The maximum Gasteiger partial charge on any atom is 0.336 e. The van der Waals surface area contributed by atoms with Crippen LogP contribution in [-0.2, 0) is 51.2 Å². The van der Waals surface area contributed by atoms with E-state index in [1.54, 1.807) is 60.7 Å². The van der Waals surface area contributed by atoms with E-state index in [0.29, 0.717) is 62.7 Å². The van der Waals surface area contributed by atoms with Crippen molar-refractivity contribution in [1.82, 2.24) is 46.4 Å². The molecular formula is C49H72N16O11. The van der Waals surface area contributed by atoms with E-state index in [4.69, 9.17) is 28.7 Å². The molecule has 3 fully saturated rings. The number of hydrogen-bond acceptors (Lipinski definition) is 13. The van der Waals surface area contributed by atoms with E-state index in [-0.39, 0.29) is 70.2 Å². The van der Waals surface area contributed by atoms with Gasteiger partial charge in [0.05, 0.1) is 19.2 Å². The summed E-state index contributed by atoms with van der Waals surface area (Å²) in [6.07, 6.45) is 2.82. The molecule has 27 nitrogen and oxygen atoms in total. The van der Waals surface area contributed by atoms with E-state index < -0.39 is 109 Å². The Morgan fingerprint density at radius 1 is 0.605 bits per heavy atom. The summed E-state index contributed by atoms with van der Waals surface area (Å²) < 4.78 is 0. The molecule has 76 heavy (non-hydrogen) atoms. The summed E-state index contributed by atoms with van der Waals surface area (Å²) in [5.74, 6) is -6.36. The maximum absolute atomic E-state index is 14.1. The maximum atomic E-state index is 14.1. The Morgan fingerprint density at radius 3 is 1.70 bits per heavy atom. The van der Waals surface area contributed by atoms with Crippen molar-refractivity contribution in [3.63, 3.8) is 0 Å². The smallest absolute Gasteiger partial charge is 0.336 e. The van der Waals surface area contributed by atoms with E-state index in [0.717, 1.165) is 10.0 Å². The van der Waals surface area contributed by atoms with Crippen LogP contribution in [0.25, 0.3) is 0 Å². The second-order valence-electron chi connectivity index (χ2n) is 18.7. The van der Waals surface area contributed by atoms with Crippen LogP contribution in [0.1, 0.15) is 68.9 Å². The summed E-state index contributed by atoms with van der Waals surface area (Å²) in [4.78, 5) is 133. The number of aliphatic imine (C=N–C) groups is 2. The van der Waals surface area contributed by atoms with Crippen LogP contribution in [0.15, 0.2) is 70.6 Å². The second-order valence-corrected chi connectivity index (χ2v) is 18.7. The van der Waals surface area contributed by atoms with Gasteiger partial charge in [0, 0.05) is 52.1 Å². The average molecular weight is 1060 g/mol. The van der Waals surface area contributed by atoms with Gasteiger partial charge in [0.2, 0.25) is 35.4 Å². The van der Waals surface area contributed by atoms with Crippen molar-refractivity contribution in [2.24, 2.45) is 38.7 Å². The zero-order chi connectivity index (χ0) is 55.3. The lowest BCUT2D eigenvalue weighted by Gasteiger charge is -2.32. The van der Waals surface area contributed by atoms with Crippen molar-refractivity contribution in [2.45, 2.75) is 113 Å². The molecule has 0 aliphatic carbocycles. The van der Waals surface area contributed by atoms with Crippen LogP contribution in [-0.4, -0.2) is 190 Å². The molecule has 3 saturated heterocycles. The van der Waals surface area contributed by atoms with Crippen LogP contribution in [0.4, 0.5) is 4.79 Å². The number of guanidine groups is 2. The molecule has 1 unspecified atom stereocenters. The van der Waals surface area contributed by atoms with Crippen molar-refractivity contribution in [3.05, 3.63) is 71.8 Å². The van der Waals surface area contributed by atoms with Crippen LogP contribution >= 0.6 is 0 Å². The lowest BCUT2D eigenvalue weighted by molar-refractivity contribution is -0.147. The predicted octanol–water partition coefficient (Wildman–Crippen LogP) is -3.94. The SMILES string of the molecule is NC(N)=NCCC[C@@H](N)C(=O)N1CCC[C@@H]1C(=O)N1CCC[C@@H]1C(=O)NCC(=O)NC(Cc1ccccc1)C(=O)N[C@@H](CO)C(=O)N1CCCN1C(=O)N[C@@H](Cc1ccccc1)C(=O)N[C@H](CCCN=C(N)N)C(=O)O. The first kappa shape index (κ1) is 58.8. The Bertz CT molecular complexity index is 2410. The van der Waals surface area contributed by atoms with E-state index in [9.17, 15) is 53.4 Å². The van der Waals surface area contributed by atoms with Crippen LogP contribution < -0.4 is 55.3 Å². The Balaban J connectivity index is 1.21. The summed E-state index contributed by atoms with van der Waals surface area (Å²) in [6, 6.07) is 8.05. The van der Waals surface area contributed by atoms with Crippen molar-refractivity contribution >= 4 is 65.3 Å². The number of carbonyl (C=O) groups is 9. The number of amides is 9. The van der Waals surface area contributed by atoms with Crippen molar-refractivity contribution in [1.29, 1.82) is 0 Å². The molecule has 17 N–H and O–H groups in total. The quantitative estimate of drug-likeness (QED) is 0.0243. The van der Waals surface area contributed by atoms with Crippen molar-refractivity contribution in [2.75, 3.05) is 52.4 Å². The molecule has 27 heteroatoms. The van der Waals surface area contributed by atoms with Crippen molar-refractivity contribution < 1.29 is 53.4 Å². The van der Waals surface area contributed by atoms with Gasteiger partial charge in [-0.2, -0.15) is 0 Å². The van der Waals surface area contributed by atoms with Gasteiger partial charge in [-0.1, -0.05) is 60.7 Å². The first-order valence-electron chi connectivity index (χ1n) is 25.3. The number of benzene rings is 2. The normalized spacial score (nSPS) is 18.0. The molecule has 0 spiro atoms. The van der Waals surface area contributed by atoms with Crippen LogP contribution in [0.5, 0.6) is 0 Å². The fourth-order valence-electron chi connectivity index (χ4n) is 9.23. The van der Waals surface area contributed by atoms with Crippen LogP contribution in [0, 0.1) is 0 Å². The third kappa shape index (κ3) is 17.3. The molecule has 3 heterocycles. The number of hydrazine groups is 1. The summed E-state index contributed by atoms with van der Waals surface area (Å²) in [6.45, 7) is -0.568. The van der Waals surface area contributed by atoms with E-state index in [1.807, 2.05) is 0 Å². The zero-order valence-electron chi connectivity index (χ0n) is 42.4. The van der Waals surface area contributed by atoms with Gasteiger partial charge in [-0.3, -0.25) is 43.5 Å². The number of rotatable bonds is 26. The van der Waals surface area contributed by atoms with Gasteiger partial charge in [-0.25, -0.2) is 19.6 Å². The third-order valence-corrected chi connectivity index (χ3v) is 13.1. The second kappa shape index (κ2) is 29.1. The molecule has 3 aliphatic heterocycles. The molecule has 3 aliphatic rings. The van der Waals surface area contributed by atoms with Gasteiger partial charge in [-0.05, 0) is 68.9 Å². The number of nitrogens with one attached hydrogen (secondary N) is 5. The van der Waals surface area contributed by atoms with Gasteiger partial charge in [-0.15, -0.1) is 0 Å². The highest BCUT2D eigenvalue weighted by molar-refractivity contribution is 5.97. The molecule has 0 saturated carbocycles. The number of aliphatic hydroxyl groups excluding tert-OH is 1. The minimum Gasteiger partial charge on any atom is -0.480 e. The standard InChI is InChI=1S/C49H72N16O11/c50-32(16-7-20-55-47(51)52)43(71)63-23-10-19-38(63)45(73)62-22-9-18-37(62)42(70)57-28-39(67)58-34(26-30-12-3-1-4-13-30)40(68)60-36(29-66)44(72)64-24-11-25-65(64)49(76)61-35(27-31-14-5-2-6-15-31)41(69)59-33(46(74)75)17-8-21-56-48(53)54/h1-6,12-15,32-38,66H,7-11,16-29,50H2,(H,57,70)(H,58,67)(H,59,69)(H,60,68)(H,61,76)(H,74,75)(H4,51,52,55)(H4,53,54,56)/t32-,33-,34?,35+,36+,37-,38-/m1/s1. The first-order valence-corrected chi connectivity index (χ1v) is 25.3. The number of carboxylic acid groups (broad SMARTS) is 1. The lowest BCUT2D eigenvalue weighted by Crippen LogP contribution is -2.61. The Morgan fingerprint density at radius 2 is 1.13 bits per heavy atom. The Kier molecular flexibility index (Phi) is 22.5. The minimum atomic E-state index is -1.63. The van der Waals surface area contributed by atoms with Gasteiger partial charge in [0.15, 0.2) is 11.9 Å². The summed E-state index contributed by atoms with van der Waals surface area (Å²) in [7, 11) is 0. The number of likely N-dealkylation sites (tertiary alicyclic amines) is 2. The summed E-state index contributed by atoms with van der Waals surface area (Å²) in [5.41, 5.74) is 28.9. The highest BCUT2D eigenvalue weighted by Crippen LogP contribution is 2.26. The molecular weight excluding hydrogens is 989 g/mol. The van der Waals surface area contributed by atoms with Gasteiger partial charge in [0.1, 0.15) is 36.3 Å². The number of hydrogen-bond donors (Lipinski definition) is 12. The zero-order valence-corrected chi connectivity index (χ0v) is 42.4. The highest BCUT2D eigenvalue weighted by atomic mass is 16.4. The molecule has 0 bridgehead atoms. The molecule has 2 aromatic carbocycles. The van der Waals surface area contributed by atoms with E-state index in [2.05, 4.69) is 36.6 Å². The van der Waals surface area contributed by atoms with Gasteiger partial charge >= 0.3 is 12.0 Å². The number of nitrogens with zero attached hydrogens (tertiary/aromatic N) is 6. The van der Waals surface area contributed by atoms with Gasteiger partial charge in [0.25, 0.3) is 5.91 Å². The van der Waals surface area contributed by atoms with Crippen LogP contribution in [0.3, 0.4) is 0 Å². The third-order valence-electron chi connectivity index (χ3n) is 13.1. The molecule has 7 atom stereocenters. The summed E-state index contributed by atoms with van der Waals surface area (Å²) >= 11 is 0. The highest BCUT2D eigenvalue weighted by Gasteiger charge is 2.43. The molecule has 2 aromatic rings. The monoisotopic (exact) mass is 1060 g/mol. The first-order chi connectivity index (χ1) is 36.4. The van der Waals surface area contributed by atoms with Crippen molar-refractivity contribution in [3.8, 4) is 0 Å². The van der Waals surface area contributed by atoms with E-state index in [1.165, 1.54) is 9.80 Å². The van der Waals surface area contributed by atoms with Crippen LogP contribution in [0.2, 0.25) is 0 Å². The summed E-state index contributed by atoms with van der Waals surface area (Å²) in [5, 5.41) is 35.2. The Hall–Kier alpha value is -8.07. The average Bonchev–Trinajstić information content (AvgIpc) is 4.22. The van der Waals surface area contributed by atoms with Gasteiger partial charge < -0.3 is 75.3 Å². The fraction of sp³-hybridized carbons (Fsp3) is 0.531. The minimum absolute atomic E-state index is 0.00582. The molecule has 414 valence electrons. The number of aliphatic hydroxyl groups is 1. The number of carbonyl (C=O) groups excluding carboxylic acids is 8. The molecule has 0 aromatic heterocycles. The molecule has 9 amide bonds. The largest absolute Gasteiger partial charge is 0.480 e. The number of nitrogens with two attached hydrogens (primary N) is 5. The number of urea groups is 1. The predicted molar refractivity (Wildman–Crippen MR) is 276 cm³/mol. The molecule has 5 rings (SSSR count). The fourth-order valence-corrected chi connectivity index (χ4v) is 9.23.